The van der Waals surface area contributed by atoms with E-state index in [1.165, 1.54) is 49.7 Å². The van der Waals surface area contributed by atoms with E-state index < -0.39 is 0 Å². The van der Waals surface area contributed by atoms with Crippen LogP contribution < -0.4 is 33.5 Å². The van der Waals surface area contributed by atoms with Crippen LogP contribution in [0.25, 0.3) is 0 Å². The predicted molar refractivity (Wildman–Crippen MR) is 89.1 cm³/mol. The van der Waals surface area contributed by atoms with Gasteiger partial charge in [0.2, 0.25) is 6.79 Å². The van der Waals surface area contributed by atoms with Crippen LogP contribution in [0, 0.1) is 5.92 Å². The Bertz CT molecular complexity index is 634. The molecule has 1 aromatic rings. The first-order valence-corrected chi connectivity index (χ1v) is 9.07. The Morgan fingerprint density at radius 1 is 1.16 bits per heavy atom. The molecule has 3 aliphatic heterocycles. The van der Waals surface area contributed by atoms with Crippen molar-refractivity contribution in [1.29, 1.82) is 0 Å². The highest BCUT2D eigenvalue weighted by atomic mass is 127. The van der Waals surface area contributed by atoms with Gasteiger partial charge in [0.1, 0.15) is 6.61 Å². The van der Waals surface area contributed by atoms with E-state index in [1.807, 2.05) is 0 Å². The van der Waals surface area contributed by atoms with Gasteiger partial charge in [0.15, 0.2) is 11.5 Å². The molecular formula is C19H26INO4. The minimum absolute atomic E-state index is 0. The molecular weight excluding hydrogens is 433 g/mol. The number of carbonyl (C=O) groups is 1. The molecule has 0 radical (unpaired) electrons. The molecule has 5 nitrogen and oxygen atoms in total. The number of hydrogen-bond donors (Lipinski definition) is 0. The largest absolute Gasteiger partial charge is 1.00 e. The topological polar surface area (TPSA) is 44.8 Å². The molecule has 4 rings (SSSR count). The molecule has 0 saturated carbocycles. The first-order valence-electron chi connectivity index (χ1n) is 9.07. The third-order valence-corrected chi connectivity index (χ3v) is 6.04. The van der Waals surface area contributed by atoms with Gasteiger partial charge in [-0.2, -0.15) is 0 Å². The number of benzene rings is 1. The zero-order chi connectivity index (χ0) is 16.6. The minimum Gasteiger partial charge on any atom is -1.00 e. The summed E-state index contributed by atoms with van der Waals surface area (Å²) in [4.78, 5) is 12.4. The summed E-state index contributed by atoms with van der Waals surface area (Å²) < 4.78 is 17.5. The van der Waals surface area contributed by atoms with Crippen molar-refractivity contribution in [3.05, 3.63) is 23.8 Å². The number of ether oxygens (including phenoxy) is 3. The maximum Gasteiger partial charge on any atom is 0.338 e. The van der Waals surface area contributed by atoms with Crippen LogP contribution in [0.4, 0.5) is 0 Å². The lowest BCUT2D eigenvalue weighted by atomic mass is 9.82. The molecule has 138 valence electrons. The molecule has 1 aromatic carbocycles. The van der Waals surface area contributed by atoms with Crippen LogP contribution in [0.1, 0.15) is 42.5 Å². The Balaban J connectivity index is 0.00000182. The fraction of sp³-hybridized carbons (Fsp3) is 0.632. The molecule has 25 heavy (non-hydrogen) atoms. The molecule has 6 heteroatoms. The molecule has 0 aromatic heterocycles. The molecule has 0 N–H and O–H groups in total. The standard InChI is InChI=1S/C19H26NO4.HI/c1-20-9-3-2-6-16(20)15(5-4-10-20)12-22-19(21)14-7-8-17-18(11-14)24-13-23-17;/h7-8,11,15-16H,2-6,9-10,12-13H2,1H3;1H/q+1;/p-1. The zero-order valence-corrected chi connectivity index (χ0v) is 16.9. The van der Waals surface area contributed by atoms with Crippen molar-refractivity contribution in [2.24, 2.45) is 5.92 Å². The number of halogens is 1. The second kappa shape index (κ2) is 7.70. The number of piperidine rings is 2. The maximum atomic E-state index is 12.4. The van der Waals surface area contributed by atoms with E-state index in [-0.39, 0.29) is 36.7 Å². The first kappa shape index (κ1) is 18.8. The first-order chi connectivity index (χ1) is 11.7. The van der Waals surface area contributed by atoms with Gasteiger partial charge in [0.25, 0.3) is 0 Å². The highest BCUT2D eigenvalue weighted by molar-refractivity contribution is 5.90. The van der Waals surface area contributed by atoms with E-state index in [2.05, 4.69) is 7.05 Å². The van der Waals surface area contributed by atoms with Gasteiger partial charge in [-0.05, 0) is 43.9 Å². The lowest BCUT2D eigenvalue weighted by molar-refractivity contribution is -0.947. The molecule has 0 bridgehead atoms. The maximum absolute atomic E-state index is 12.4. The summed E-state index contributed by atoms with van der Waals surface area (Å²) in [5.41, 5.74) is 0.538. The van der Waals surface area contributed by atoms with Crippen molar-refractivity contribution in [3.8, 4) is 11.5 Å². The van der Waals surface area contributed by atoms with Gasteiger partial charge in [0.05, 0.1) is 31.7 Å². The molecule has 2 fully saturated rings. The Labute approximate surface area is 166 Å². The normalized spacial score (nSPS) is 30.1. The second-order valence-corrected chi connectivity index (χ2v) is 7.56. The number of rotatable bonds is 3. The van der Waals surface area contributed by atoms with Crippen molar-refractivity contribution in [2.75, 3.05) is 33.5 Å². The molecule has 3 atom stereocenters. The van der Waals surface area contributed by atoms with Gasteiger partial charge < -0.3 is 42.7 Å². The molecule has 0 amide bonds. The number of carbonyl (C=O) groups excluding carboxylic acids is 1. The van der Waals surface area contributed by atoms with Crippen LogP contribution in [0.5, 0.6) is 11.5 Å². The van der Waals surface area contributed by atoms with Crippen molar-refractivity contribution >= 4 is 5.97 Å². The van der Waals surface area contributed by atoms with Gasteiger partial charge in [-0.15, -0.1) is 0 Å². The average molecular weight is 459 g/mol. The monoisotopic (exact) mass is 459 g/mol. The molecule has 0 spiro atoms. The molecule has 3 heterocycles. The van der Waals surface area contributed by atoms with E-state index in [0.29, 0.717) is 35.6 Å². The summed E-state index contributed by atoms with van der Waals surface area (Å²) >= 11 is 0. The van der Waals surface area contributed by atoms with Crippen molar-refractivity contribution in [2.45, 2.75) is 38.1 Å². The van der Waals surface area contributed by atoms with Crippen LogP contribution in [0.3, 0.4) is 0 Å². The summed E-state index contributed by atoms with van der Waals surface area (Å²) in [7, 11) is 2.38. The molecule has 2 saturated heterocycles. The van der Waals surface area contributed by atoms with Crippen LogP contribution in [-0.4, -0.2) is 50.0 Å². The van der Waals surface area contributed by atoms with Crippen LogP contribution in [0.15, 0.2) is 18.2 Å². The number of hydrogen-bond acceptors (Lipinski definition) is 4. The third-order valence-electron chi connectivity index (χ3n) is 6.04. The van der Waals surface area contributed by atoms with E-state index in [1.54, 1.807) is 18.2 Å². The summed E-state index contributed by atoms with van der Waals surface area (Å²) in [5, 5.41) is 0. The fourth-order valence-electron chi connectivity index (χ4n) is 4.72. The SMILES string of the molecule is C[N+]12CCCCC1C(COC(=O)c1ccc3c(c1)OCO3)CCC2.[I-]. The van der Waals surface area contributed by atoms with Crippen LogP contribution >= 0.6 is 0 Å². The summed E-state index contributed by atoms with van der Waals surface area (Å²) in [6.07, 6.45) is 6.32. The average Bonchev–Trinajstić information content (AvgIpc) is 3.06. The Morgan fingerprint density at radius 2 is 1.96 bits per heavy atom. The van der Waals surface area contributed by atoms with E-state index in [4.69, 9.17) is 14.2 Å². The van der Waals surface area contributed by atoms with Gasteiger partial charge in [-0.25, -0.2) is 4.79 Å². The Hall–Kier alpha value is -1.02. The summed E-state index contributed by atoms with van der Waals surface area (Å²) in [5.74, 6) is 1.54. The highest BCUT2D eigenvalue weighted by Crippen LogP contribution is 2.36. The predicted octanol–water partition coefficient (Wildman–Crippen LogP) is -0.0148. The number of nitrogens with zero attached hydrogens (tertiary/aromatic N) is 1. The summed E-state index contributed by atoms with van der Waals surface area (Å²) in [6.45, 7) is 3.30. The van der Waals surface area contributed by atoms with Gasteiger partial charge in [0, 0.05) is 12.3 Å². The van der Waals surface area contributed by atoms with E-state index in [9.17, 15) is 4.79 Å². The number of esters is 1. The second-order valence-electron chi connectivity index (χ2n) is 7.56. The number of fused-ring (bicyclic) bond motifs is 2. The smallest absolute Gasteiger partial charge is 0.338 e. The lowest BCUT2D eigenvalue weighted by Gasteiger charge is -2.51. The van der Waals surface area contributed by atoms with Crippen LogP contribution in [-0.2, 0) is 4.74 Å². The molecule has 3 unspecified atom stereocenters. The Morgan fingerprint density at radius 3 is 2.84 bits per heavy atom. The van der Waals surface area contributed by atoms with Crippen molar-refractivity contribution in [1.82, 2.24) is 0 Å². The molecule has 0 aliphatic carbocycles. The van der Waals surface area contributed by atoms with Crippen molar-refractivity contribution in [3.63, 3.8) is 0 Å². The third kappa shape index (κ3) is 3.74. The highest BCUT2D eigenvalue weighted by Gasteiger charge is 2.43. The quantitative estimate of drug-likeness (QED) is 0.363. The zero-order valence-electron chi connectivity index (χ0n) is 14.7. The van der Waals surface area contributed by atoms with Crippen LogP contribution in [0.2, 0.25) is 0 Å². The van der Waals surface area contributed by atoms with Gasteiger partial charge >= 0.3 is 5.97 Å². The van der Waals surface area contributed by atoms with E-state index >= 15 is 0 Å². The van der Waals surface area contributed by atoms with E-state index in [0.717, 1.165) is 0 Å². The van der Waals surface area contributed by atoms with Gasteiger partial charge in [-0.3, -0.25) is 0 Å². The van der Waals surface area contributed by atoms with Crippen molar-refractivity contribution < 1.29 is 47.5 Å². The summed E-state index contributed by atoms with van der Waals surface area (Å²) in [6, 6.07) is 5.88. The number of quaternary nitrogens is 1. The molecule has 3 aliphatic rings. The van der Waals surface area contributed by atoms with Gasteiger partial charge in [-0.1, -0.05) is 0 Å². The Kier molecular flexibility index (Phi) is 5.78. The fourth-order valence-corrected chi connectivity index (χ4v) is 4.72. The minimum atomic E-state index is -0.260. The lowest BCUT2D eigenvalue weighted by Crippen LogP contribution is -3.00.